The van der Waals surface area contributed by atoms with Crippen LogP contribution in [0.5, 0.6) is 0 Å². The molecule has 2 heteroatoms. The smallest absolute Gasteiger partial charge is 0.175 e. The molecule has 1 atom stereocenters. The van der Waals surface area contributed by atoms with Crippen molar-refractivity contribution in [2.45, 2.75) is 31.1 Å². The first kappa shape index (κ1) is 13.4. The highest BCUT2D eigenvalue weighted by molar-refractivity contribution is 7.99. The lowest BCUT2D eigenvalue weighted by molar-refractivity contribution is 0.0906. The van der Waals surface area contributed by atoms with Gasteiger partial charge in [-0.25, -0.2) is 0 Å². The van der Waals surface area contributed by atoms with Gasteiger partial charge in [-0.05, 0) is 44.0 Å². The normalized spacial score (nSPS) is 21.6. The van der Waals surface area contributed by atoms with Crippen LogP contribution in [0, 0.1) is 13.8 Å². The fourth-order valence-corrected chi connectivity index (χ4v) is 3.98. The summed E-state index contributed by atoms with van der Waals surface area (Å²) in [5.74, 6) is 1.06. The molecule has 1 aliphatic heterocycles. The number of rotatable bonds is 1. The van der Waals surface area contributed by atoms with Gasteiger partial charge in [0.15, 0.2) is 5.78 Å². The monoisotopic (exact) mass is 282 g/mol. The molecule has 0 bridgehead atoms. The first-order valence-corrected chi connectivity index (χ1v) is 7.85. The zero-order valence-electron chi connectivity index (χ0n) is 12.1. The number of hydrogen-bond acceptors (Lipinski definition) is 2. The Morgan fingerprint density at radius 2 is 1.65 bits per heavy atom. The maximum absolute atomic E-state index is 12.9. The second-order valence-electron chi connectivity index (χ2n) is 5.82. The molecule has 20 heavy (non-hydrogen) atoms. The van der Waals surface area contributed by atoms with Crippen LogP contribution in [-0.2, 0) is 5.41 Å². The molecule has 102 valence electrons. The van der Waals surface area contributed by atoms with Gasteiger partial charge in [-0.3, -0.25) is 4.79 Å². The topological polar surface area (TPSA) is 17.1 Å². The third-order valence-corrected chi connectivity index (χ3v) is 5.46. The number of ketones is 1. The van der Waals surface area contributed by atoms with E-state index < -0.39 is 5.41 Å². The predicted octanol–water partition coefficient (Wildman–Crippen LogP) is 4.55. The second-order valence-corrected chi connectivity index (χ2v) is 6.83. The molecule has 2 aromatic rings. The summed E-state index contributed by atoms with van der Waals surface area (Å²) in [6.07, 6.45) is 0. The minimum atomic E-state index is -0.416. The molecule has 3 rings (SSSR count). The number of aryl methyl sites for hydroxylation is 2. The highest BCUT2D eigenvalue weighted by Crippen LogP contribution is 2.42. The summed E-state index contributed by atoms with van der Waals surface area (Å²) < 4.78 is 0. The van der Waals surface area contributed by atoms with E-state index in [1.807, 2.05) is 12.1 Å². The quantitative estimate of drug-likeness (QED) is 0.763. The van der Waals surface area contributed by atoms with Crippen molar-refractivity contribution in [3.8, 4) is 0 Å². The predicted molar refractivity (Wildman–Crippen MR) is 84.8 cm³/mol. The van der Waals surface area contributed by atoms with E-state index in [0.29, 0.717) is 0 Å². The van der Waals surface area contributed by atoms with Gasteiger partial charge in [0.2, 0.25) is 0 Å². The Kier molecular flexibility index (Phi) is 3.21. The number of fused-ring (bicyclic) bond motifs is 1. The van der Waals surface area contributed by atoms with Gasteiger partial charge in [-0.1, -0.05) is 35.9 Å². The fourth-order valence-electron chi connectivity index (χ4n) is 2.66. The molecule has 0 aromatic heterocycles. The first-order valence-electron chi connectivity index (χ1n) is 6.86. The molecule has 0 radical (unpaired) electrons. The van der Waals surface area contributed by atoms with Crippen LogP contribution in [0.1, 0.15) is 34.0 Å². The van der Waals surface area contributed by atoms with Gasteiger partial charge >= 0.3 is 0 Å². The Bertz CT molecular complexity index is 672. The summed E-state index contributed by atoms with van der Waals surface area (Å²) >= 11 is 1.79. The summed E-state index contributed by atoms with van der Waals surface area (Å²) in [5.41, 5.74) is 4.01. The van der Waals surface area contributed by atoms with E-state index in [2.05, 4.69) is 51.1 Å². The summed E-state index contributed by atoms with van der Waals surface area (Å²) in [6.45, 7) is 6.20. The molecule has 1 heterocycles. The molecule has 1 unspecified atom stereocenters. The molecule has 1 aliphatic rings. The van der Waals surface area contributed by atoms with E-state index in [0.717, 1.165) is 21.8 Å². The van der Waals surface area contributed by atoms with E-state index in [9.17, 15) is 4.79 Å². The molecule has 0 fully saturated rings. The third-order valence-electron chi connectivity index (χ3n) is 4.09. The molecule has 0 saturated heterocycles. The number of thioether (sulfide) groups is 1. The van der Waals surface area contributed by atoms with Crippen molar-refractivity contribution in [2.75, 3.05) is 5.75 Å². The molecule has 0 aliphatic carbocycles. The molecule has 2 aromatic carbocycles. The van der Waals surface area contributed by atoms with Crippen molar-refractivity contribution in [2.24, 2.45) is 0 Å². The van der Waals surface area contributed by atoms with Crippen LogP contribution in [0.4, 0.5) is 0 Å². The van der Waals surface area contributed by atoms with Crippen molar-refractivity contribution >= 4 is 17.5 Å². The zero-order valence-corrected chi connectivity index (χ0v) is 12.9. The van der Waals surface area contributed by atoms with Crippen LogP contribution in [0.3, 0.4) is 0 Å². The lowest BCUT2D eigenvalue weighted by Crippen LogP contribution is -2.38. The lowest BCUT2D eigenvalue weighted by atomic mass is 9.77. The maximum Gasteiger partial charge on any atom is 0.175 e. The van der Waals surface area contributed by atoms with Gasteiger partial charge in [0.1, 0.15) is 0 Å². The van der Waals surface area contributed by atoms with Gasteiger partial charge in [0.05, 0.1) is 5.41 Å². The van der Waals surface area contributed by atoms with E-state index >= 15 is 0 Å². The summed E-state index contributed by atoms with van der Waals surface area (Å²) in [7, 11) is 0. The van der Waals surface area contributed by atoms with Crippen LogP contribution in [0.25, 0.3) is 0 Å². The number of benzene rings is 2. The van der Waals surface area contributed by atoms with E-state index in [4.69, 9.17) is 0 Å². The van der Waals surface area contributed by atoms with Crippen molar-refractivity contribution in [3.05, 3.63) is 64.7 Å². The first-order chi connectivity index (χ1) is 9.50. The molecule has 0 amide bonds. The summed E-state index contributed by atoms with van der Waals surface area (Å²) in [4.78, 5) is 14.0. The van der Waals surface area contributed by atoms with Crippen LogP contribution in [0.15, 0.2) is 47.4 Å². The van der Waals surface area contributed by atoms with Crippen molar-refractivity contribution in [1.82, 2.24) is 0 Å². The van der Waals surface area contributed by atoms with Gasteiger partial charge in [-0.2, -0.15) is 0 Å². The average Bonchev–Trinajstić information content (AvgIpc) is 2.44. The van der Waals surface area contributed by atoms with Crippen molar-refractivity contribution in [3.63, 3.8) is 0 Å². The van der Waals surface area contributed by atoms with Gasteiger partial charge in [0.25, 0.3) is 0 Å². The van der Waals surface area contributed by atoms with Crippen molar-refractivity contribution < 1.29 is 4.79 Å². The Morgan fingerprint density at radius 1 is 1.00 bits per heavy atom. The number of carbonyl (C=O) groups excluding carboxylic acids is 1. The van der Waals surface area contributed by atoms with Crippen LogP contribution in [0.2, 0.25) is 0 Å². The molecular formula is C18H18OS. The maximum atomic E-state index is 12.9. The standard InChI is InChI=1S/C18H18OS/c1-12-4-7-14(8-5-12)18(3)11-20-16-10-13(2)6-9-15(16)17(18)19/h4-10H,11H2,1-3H3. The number of carbonyl (C=O) groups is 1. The average molecular weight is 282 g/mol. The second kappa shape index (κ2) is 4.78. The minimum absolute atomic E-state index is 0.245. The van der Waals surface area contributed by atoms with Crippen LogP contribution < -0.4 is 0 Å². The molecule has 1 nitrogen and oxygen atoms in total. The van der Waals surface area contributed by atoms with E-state index in [-0.39, 0.29) is 5.78 Å². The molecule has 0 saturated carbocycles. The lowest BCUT2D eigenvalue weighted by Gasteiger charge is -2.33. The Balaban J connectivity index is 2.06. The summed E-state index contributed by atoms with van der Waals surface area (Å²) in [6, 6.07) is 14.5. The van der Waals surface area contributed by atoms with E-state index in [1.54, 1.807) is 11.8 Å². The van der Waals surface area contributed by atoms with Gasteiger partial charge < -0.3 is 0 Å². The Morgan fingerprint density at radius 3 is 2.35 bits per heavy atom. The molecule has 0 N–H and O–H groups in total. The third kappa shape index (κ3) is 2.08. The van der Waals surface area contributed by atoms with Crippen LogP contribution >= 0.6 is 11.8 Å². The minimum Gasteiger partial charge on any atom is -0.293 e. The SMILES string of the molecule is Cc1ccc(C2(C)CSc3cc(C)ccc3C2=O)cc1. The van der Waals surface area contributed by atoms with Crippen LogP contribution in [-0.4, -0.2) is 11.5 Å². The Labute approximate surface area is 124 Å². The summed E-state index contributed by atoms with van der Waals surface area (Å²) in [5, 5.41) is 0. The highest BCUT2D eigenvalue weighted by atomic mass is 32.2. The van der Waals surface area contributed by atoms with E-state index in [1.165, 1.54) is 11.1 Å². The van der Waals surface area contributed by atoms with Crippen molar-refractivity contribution in [1.29, 1.82) is 0 Å². The fraction of sp³-hybridized carbons (Fsp3) is 0.278. The number of Topliss-reactive ketones (excluding diaryl/α,β-unsaturated/α-hetero) is 1. The molecular weight excluding hydrogens is 264 g/mol. The number of hydrogen-bond donors (Lipinski definition) is 0. The highest BCUT2D eigenvalue weighted by Gasteiger charge is 2.40. The molecule has 0 spiro atoms. The Hall–Kier alpha value is -1.54. The van der Waals surface area contributed by atoms with Gasteiger partial charge in [0, 0.05) is 16.2 Å². The largest absolute Gasteiger partial charge is 0.293 e. The van der Waals surface area contributed by atoms with Gasteiger partial charge in [-0.15, -0.1) is 11.8 Å². The zero-order chi connectivity index (χ0) is 14.3.